The maximum Gasteiger partial charge on any atom is 0.329 e. The summed E-state index contributed by atoms with van der Waals surface area (Å²) in [5, 5.41) is 12.0. The second-order valence-electron chi connectivity index (χ2n) is 6.34. The van der Waals surface area contributed by atoms with Crippen LogP contribution < -0.4 is 11.0 Å². The van der Waals surface area contributed by atoms with E-state index in [1.165, 1.54) is 0 Å². The normalized spacial score (nSPS) is 13.8. The van der Waals surface area contributed by atoms with Gasteiger partial charge in [0.25, 0.3) is 0 Å². The van der Waals surface area contributed by atoms with Crippen molar-refractivity contribution < 1.29 is 9.90 Å². The first-order valence-electron chi connectivity index (χ1n) is 8.57. The molecule has 0 spiro atoms. The molecule has 24 heavy (non-hydrogen) atoms. The summed E-state index contributed by atoms with van der Waals surface area (Å²) in [5.41, 5.74) is 1.70. The predicted octanol–water partition coefficient (Wildman–Crippen LogP) is 1.74. The van der Waals surface area contributed by atoms with Gasteiger partial charge in [-0.25, -0.2) is 4.79 Å². The van der Waals surface area contributed by atoms with E-state index in [-0.39, 0.29) is 36.6 Å². The van der Waals surface area contributed by atoms with E-state index in [4.69, 9.17) is 5.11 Å². The lowest BCUT2D eigenvalue weighted by atomic mass is 10.1. The summed E-state index contributed by atoms with van der Waals surface area (Å²) in [4.78, 5) is 24.7. The largest absolute Gasteiger partial charge is 0.396 e. The fourth-order valence-corrected chi connectivity index (χ4v) is 2.77. The second kappa shape index (κ2) is 8.15. The molecule has 0 saturated carbocycles. The molecule has 0 aliphatic heterocycles. The Morgan fingerprint density at radius 1 is 1.17 bits per heavy atom. The van der Waals surface area contributed by atoms with E-state index < -0.39 is 0 Å². The average molecular weight is 333 g/mol. The van der Waals surface area contributed by atoms with Gasteiger partial charge >= 0.3 is 5.69 Å². The highest BCUT2D eigenvalue weighted by molar-refractivity contribution is 5.78. The van der Waals surface area contributed by atoms with Crippen LogP contribution >= 0.6 is 0 Å². The summed E-state index contributed by atoms with van der Waals surface area (Å²) in [6.45, 7) is 6.85. The van der Waals surface area contributed by atoms with E-state index in [1.807, 2.05) is 45.0 Å². The fraction of sp³-hybridized carbons (Fsp3) is 0.556. The van der Waals surface area contributed by atoms with Crippen molar-refractivity contribution in [1.29, 1.82) is 0 Å². The van der Waals surface area contributed by atoms with Crippen LogP contribution in [0.5, 0.6) is 0 Å². The minimum Gasteiger partial charge on any atom is -0.396 e. The molecule has 0 bridgehead atoms. The Hall–Kier alpha value is -2.08. The molecule has 0 fully saturated rings. The Bertz CT molecular complexity index is 748. The summed E-state index contributed by atoms with van der Waals surface area (Å²) in [6.07, 6.45) is 1.12. The molecule has 0 aliphatic carbocycles. The number of nitrogens with zero attached hydrogens (tertiary/aromatic N) is 2. The molecule has 2 aromatic rings. The molecule has 6 nitrogen and oxygen atoms in total. The van der Waals surface area contributed by atoms with E-state index in [2.05, 4.69) is 5.32 Å². The SMILES string of the molecule is CCCn1c(=O)n(CCC(=O)NC(C)C(C)CO)c2ccccc21. The van der Waals surface area contributed by atoms with Gasteiger partial charge in [-0.05, 0) is 31.4 Å². The Balaban J connectivity index is 2.14. The number of aryl methyl sites for hydroxylation is 2. The van der Waals surface area contributed by atoms with E-state index in [1.54, 1.807) is 9.13 Å². The number of hydrogen-bond acceptors (Lipinski definition) is 3. The standard InChI is InChI=1S/C18H27N3O3/c1-4-10-20-15-7-5-6-8-16(15)21(18(20)24)11-9-17(23)19-14(3)13(2)12-22/h5-8,13-14,22H,4,9-12H2,1-3H3,(H,19,23). The number of imidazole rings is 1. The van der Waals surface area contributed by atoms with Gasteiger partial charge in [-0.3, -0.25) is 13.9 Å². The molecule has 0 saturated heterocycles. The van der Waals surface area contributed by atoms with E-state index in [9.17, 15) is 9.59 Å². The quantitative estimate of drug-likeness (QED) is 0.772. The zero-order valence-electron chi connectivity index (χ0n) is 14.7. The lowest BCUT2D eigenvalue weighted by Gasteiger charge is -2.19. The van der Waals surface area contributed by atoms with Crippen LogP contribution in [0.3, 0.4) is 0 Å². The molecule has 0 aliphatic rings. The highest BCUT2D eigenvalue weighted by Crippen LogP contribution is 2.13. The van der Waals surface area contributed by atoms with Gasteiger partial charge in [-0.15, -0.1) is 0 Å². The first kappa shape index (κ1) is 18.3. The predicted molar refractivity (Wildman–Crippen MR) is 95.0 cm³/mol. The van der Waals surface area contributed by atoms with Gasteiger partial charge in [-0.2, -0.15) is 0 Å². The molecule has 132 valence electrons. The summed E-state index contributed by atoms with van der Waals surface area (Å²) in [5.74, 6) is -0.106. The summed E-state index contributed by atoms with van der Waals surface area (Å²) in [6, 6.07) is 7.58. The molecule has 1 heterocycles. The number of aromatic nitrogens is 2. The Labute approximate surface area is 142 Å². The Morgan fingerprint density at radius 3 is 2.29 bits per heavy atom. The first-order valence-corrected chi connectivity index (χ1v) is 8.57. The number of rotatable bonds is 8. The number of benzene rings is 1. The molecule has 0 radical (unpaired) electrons. The lowest BCUT2D eigenvalue weighted by Crippen LogP contribution is -2.39. The van der Waals surface area contributed by atoms with Crippen LogP contribution in [0.15, 0.2) is 29.1 Å². The molecule has 1 aromatic heterocycles. The minimum absolute atomic E-state index is 0.00291. The maximum absolute atomic E-state index is 12.6. The Kier molecular flexibility index (Phi) is 6.20. The van der Waals surface area contributed by atoms with Gasteiger partial charge in [0.1, 0.15) is 0 Å². The number of carbonyl (C=O) groups is 1. The smallest absolute Gasteiger partial charge is 0.329 e. The van der Waals surface area contributed by atoms with Gasteiger partial charge in [0.05, 0.1) is 11.0 Å². The molecule has 2 atom stereocenters. The molecule has 2 unspecified atom stereocenters. The molecule has 2 N–H and O–H groups in total. The van der Waals surface area contributed by atoms with Crippen molar-refractivity contribution >= 4 is 16.9 Å². The van der Waals surface area contributed by atoms with Crippen LogP contribution in [-0.2, 0) is 17.9 Å². The van der Waals surface area contributed by atoms with Gasteiger partial charge in [0.2, 0.25) is 5.91 Å². The van der Waals surface area contributed by atoms with Crippen LogP contribution in [0, 0.1) is 5.92 Å². The molecule has 6 heteroatoms. The van der Waals surface area contributed by atoms with Crippen LogP contribution in [0.2, 0.25) is 0 Å². The Morgan fingerprint density at radius 2 is 1.75 bits per heavy atom. The number of aliphatic hydroxyl groups is 1. The molecule has 2 rings (SSSR count). The topological polar surface area (TPSA) is 76.3 Å². The molecular weight excluding hydrogens is 306 g/mol. The number of fused-ring (bicyclic) bond motifs is 1. The van der Waals surface area contributed by atoms with Gasteiger partial charge in [-0.1, -0.05) is 26.0 Å². The molecule has 1 amide bonds. The first-order chi connectivity index (χ1) is 11.5. The number of hydrogen-bond donors (Lipinski definition) is 2. The maximum atomic E-state index is 12.6. The lowest BCUT2D eigenvalue weighted by molar-refractivity contribution is -0.122. The molecule has 1 aromatic carbocycles. The van der Waals surface area contributed by atoms with Crippen LogP contribution in [0.1, 0.15) is 33.6 Å². The third-order valence-corrected chi connectivity index (χ3v) is 4.47. The monoisotopic (exact) mass is 333 g/mol. The average Bonchev–Trinajstić information content (AvgIpc) is 2.84. The molecular formula is C18H27N3O3. The number of nitrogens with one attached hydrogen (secondary N) is 1. The number of amides is 1. The van der Waals surface area contributed by atoms with Crippen molar-refractivity contribution in [3.63, 3.8) is 0 Å². The third kappa shape index (κ3) is 3.87. The van der Waals surface area contributed by atoms with E-state index >= 15 is 0 Å². The third-order valence-electron chi connectivity index (χ3n) is 4.47. The number of aliphatic hydroxyl groups excluding tert-OH is 1. The highest BCUT2D eigenvalue weighted by atomic mass is 16.3. The van der Waals surface area contributed by atoms with Gasteiger partial charge in [0, 0.05) is 32.2 Å². The summed E-state index contributed by atoms with van der Waals surface area (Å²) in [7, 11) is 0. The zero-order chi connectivity index (χ0) is 17.7. The fourth-order valence-electron chi connectivity index (χ4n) is 2.77. The second-order valence-corrected chi connectivity index (χ2v) is 6.34. The van der Waals surface area contributed by atoms with Gasteiger partial charge < -0.3 is 10.4 Å². The minimum atomic E-state index is -0.109. The summed E-state index contributed by atoms with van der Waals surface area (Å²) < 4.78 is 3.44. The van der Waals surface area contributed by atoms with Crippen LogP contribution in [0.4, 0.5) is 0 Å². The van der Waals surface area contributed by atoms with Crippen LogP contribution in [0.25, 0.3) is 11.0 Å². The van der Waals surface area contributed by atoms with Crippen molar-refractivity contribution in [3.8, 4) is 0 Å². The zero-order valence-corrected chi connectivity index (χ0v) is 14.7. The highest BCUT2D eigenvalue weighted by Gasteiger charge is 2.16. The van der Waals surface area contributed by atoms with Crippen molar-refractivity contribution in [1.82, 2.24) is 14.5 Å². The van der Waals surface area contributed by atoms with Crippen LogP contribution in [-0.4, -0.2) is 32.8 Å². The van der Waals surface area contributed by atoms with Crippen molar-refractivity contribution in [3.05, 3.63) is 34.7 Å². The number of carbonyl (C=O) groups excluding carboxylic acids is 1. The van der Waals surface area contributed by atoms with E-state index in [0.717, 1.165) is 17.5 Å². The van der Waals surface area contributed by atoms with Crippen molar-refractivity contribution in [2.45, 2.75) is 52.7 Å². The van der Waals surface area contributed by atoms with Gasteiger partial charge in [0.15, 0.2) is 0 Å². The van der Waals surface area contributed by atoms with E-state index in [0.29, 0.717) is 13.1 Å². The number of para-hydroxylation sites is 2. The van der Waals surface area contributed by atoms with Crippen molar-refractivity contribution in [2.75, 3.05) is 6.61 Å². The summed E-state index contributed by atoms with van der Waals surface area (Å²) >= 11 is 0. The van der Waals surface area contributed by atoms with Crippen molar-refractivity contribution in [2.24, 2.45) is 5.92 Å².